The van der Waals surface area contributed by atoms with Crippen LogP contribution in [-0.2, 0) is 10.0 Å². The molecule has 1 saturated heterocycles. The highest BCUT2D eigenvalue weighted by Gasteiger charge is 2.27. The number of carbonyl (C=O) groups is 1. The van der Waals surface area contributed by atoms with Gasteiger partial charge in [0.25, 0.3) is 5.91 Å². The normalized spacial score (nSPS) is 14.4. The first-order valence-electron chi connectivity index (χ1n) is 10.1. The van der Waals surface area contributed by atoms with Crippen molar-refractivity contribution in [3.8, 4) is 0 Å². The van der Waals surface area contributed by atoms with Crippen LogP contribution in [-0.4, -0.2) is 51.9 Å². The van der Waals surface area contributed by atoms with E-state index in [1.54, 1.807) is 30.1 Å². The first kappa shape index (κ1) is 21.3. The van der Waals surface area contributed by atoms with Crippen molar-refractivity contribution < 1.29 is 13.2 Å². The van der Waals surface area contributed by atoms with Gasteiger partial charge in [0.15, 0.2) is 0 Å². The van der Waals surface area contributed by atoms with E-state index < -0.39 is 10.0 Å². The lowest BCUT2D eigenvalue weighted by Crippen LogP contribution is -2.32. The Morgan fingerprint density at radius 2 is 1.62 bits per heavy atom. The first-order chi connectivity index (χ1) is 13.9. The maximum atomic E-state index is 13.4. The predicted octanol–water partition coefficient (Wildman–Crippen LogP) is 3.59. The molecule has 0 aromatic heterocycles. The Morgan fingerprint density at radius 1 is 1.00 bits per heavy atom. The summed E-state index contributed by atoms with van der Waals surface area (Å²) in [5, 5.41) is 0. The largest absolute Gasteiger partial charge is 0.371 e. The van der Waals surface area contributed by atoms with Gasteiger partial charge in [0.1, 0.15) is 0 Å². The highest BCUT2D eigenvalue weighted by atomic mass is 32.2. The lowest BCUT2D eigenvalue weighted by molar-refractivity contribution is 0.0993. The molecular formula is C22H29N3O3S. The van der Waals surface area contributed by atoms with Crippen LogP contribution in [0, 0.1) is 0 Å². The molecule has 2 aromatic rings. The van der Waals surface area contributed by atoms with Crippen molar-refractivity contribution in [2.75, 3.05) is 43.0 Å². The molecule has 6 nitrogen and oxygen atoms in total. The van der Waals surface area contributed by atoms with Crippen LogP contribution in [0.3, 0.4) is 0 Å². The summed E-state index contributed by atoms with van der Waals surface area (Å²) >= 11 is 0. The number of rotatable bonds is 7. The Labute approximate surface area is 173 Å². The van der Waals surface area contributed by atoms with Gasteiger partial charge in [-0.1, -0.05) is 32.0 Å². The molecule has 1 aliphatic rings. The molecule has 1 aliphatic heterocycles. The summed E-state index contributed by atoms with van der Waals surface area (Å²) in [5.74, 6) is -0.213. The Balaban J connectivity index is 2.07. The summed E-state index contributed by atoms with van der Waals surface area (Å²) in [5.41, 5.74) is 1.99. The minimum atomic E-state index is -3.64. The molecule has 1 fully saturated rings. The Hall–Kier alpha value is -2.38. The molecule has 1 heterocycles. The van der Waals surface area contributed by atoms with Crippen LogP contribution in [0.4, 0.5) is 11.4 Å². The van der Waals surface area contributed by atoms with Gasteiger partial charge in [-0.15, -0.1) is 0 Å². The van der Waals surface area contributed by atoms with Crippen LogP contribution in [0.1, 0.15) is 37.0 Å². The van der Waals surface area contributed by atoms with E-state index in [1.165, 1.54) is 4.31 Å². The number of hydrogen-bond donors (Lipinski definition) is 0. The molecule has 7 heteroatoms. The van der Waals surface area contributed by atoms with E-state index in [9.17, 15) is 13.2 Å². The summed E-state index contributed by atoms with van der Waals surface area (Å²) in [4.78, 5) is 17.3. The minimum absolute atomic E-state index is 0.161. The molecule has 3 rings (SSSR count). The third-order valence-electron chi connectivity index (χ3n) is 5.44. The van der Waals surface area contributed by atoms with Crippen LogP contribution in [0.25, 0.3) is 0 Å². The zero-order valence-corrected chi connectivity index (χ0v) is 18.2. The molecule has 1 amide bonds. The molecule has 0 N–H and O–H groups in total. The summed E-state index contributed by atoms with van der Waals surface area (Å²) in [6.07, 6.45) is 2.14. The first-order valence-corrected chi connectivity index (χ1v) is 11.6. The molecule has 0 radical (unpaired) electrons. The summed E-state index contributed by atoms with van der Waals surface area (Å²) < 4.78 is 27.5. The van der Waals surface area contributed by atoms with Crippen molar-refractivity contribution in [2.24, 2.45) is 0 Å². The van der Waals surface area contributed by atoms with Crippen LogP contribution in [0.2, 0.25) is 0 Å². The fourth-order valence-corrected chi connectivity index (χ4v) is 5.23. The fraction of sp³-hybridized carbons (Fsp3) is 0.409. The van der Waals surface area contributed by atoms with Gasteiger partial charge in [0, 0.05) is 44.6 Å². The van der Waals surface area contributed by atoms with Crippen molar-refractivity contribution in [3.63, 3.8) is 0 Å². The van der Waals surface area contributed by atoms with Gasteiger partial charge in [0.2, 0.25) is 10.0 Å². The fourth-order valence-electron chi connectivity index (χ4n) is 3.74. The summed E-state index contributed by atoms with van der Waals surface area (Å²) in [6, 6.07) is 14.3. The number of amides is 1. The van der Waals surface area contributed by atoms with Gasteiger partial charge in [-0.25, -0.2) is 8.42 Å². The second kappa shape index (κ2) is 8.97. The van der Waals surface area contributed by atoms with E-state index in [0.29, 0.717) is 18.7 Å². The molecule has 0 bridgehead atoms. The van der Waals surface area contributed by atoms with Gasteiger partial charge in [0.05, 0.1) is 10.5 Å². The van der Waals surface area contributed by atoms with E-state index in [0.717, 1.165) is 37.3 Å². The number of anilines is 2. The Morgan fingerprint density at radius 3 is 2.21 bits per heavy atom. The number of carbonyl (C=O) groups excluding carboxylic acids is 1. The molecule has 0 saturated carbocycles. The predicted molar refractivity (Wildman–Crippen MR) is 117 cm³/mol. The van der Waals surface area contributed by atoms with Crippen molar-refractivity contribution in [2.45, 2.75) is 31.6 Å². The lowest BCUT2D eigenvalue weighted by Gasteiger charge is -2.25. The molecular weight excluding hydrogens is 386 g/mol. The third kappa shape index (κ3) is 4.31. The van der Waals surface area contributed by atoms with Crippen molar-refractivity contribution >= 4 is 27.3 Å². The van der Waals surface area contributed by atoms with E-state index >= 15 is 0 Å². The van der Waals surface area contributed by atoms with Crippen LogP contribution < -0.4 is 9.80 Å². The van der Waals surface area contributed by atoms with E-state index in [1.807, 2.05) is 44.2 Å². The molecule has 0 aliphatic carbocycles. The van der Waals surface area contributed by atoms with Crippen LogP contribution in [0.15, 0.2) is 53.4 Å². The average molecular weight is 416 g/mol. The maximum absolute atomic E-state index is 13.4. The van der Waals surface area contributed by atoms with Crippen molar-refractivity contribution in [3.05, 3.63) is 54.1 Å². The second-order valence-electron chi connectivity index (χ2n) is 7.16. The highest BCUT2D eigenvalue weighted by Crippen LogP contribution is 2.30. The topological polar surface area (TPSA) is 60.9 Å². The minimum Gasteiger partial charge on any atom is -0.371 e. The number of benzene rings is 2. The Kier molecular flexibility index (Phi) is 6.59. The molecule has 0 unspecified atom stereocenters. The SMILES string of the molecule is CCN(CC)S(=O)(=O)c1ccc(N2CCCC2)c(C(=O)N(C)c2ccccc2)c1. The number of hydrogen-bond acceptors (Lipinski definition) is 4. The molecule has 2 aromatic carbocycles. The number of sulfonamides is 1. The maximum Gasteiger partial charge on any atom is 0.260 e. The number of nitrogens with zero attached hydrogens (tertiary/aromatic N) is 3. The van der Waals surface area contributed by atoms with E-state index in [4.69, 9.17) is 0 Å². The smallest absolute Gasteiger partial charge is 0.260 e. The number of para-hydroxylation sites is 1. The average Bonchev–Trinajstić information content (AvgIpc) is 3.28. The second-order valence-corrected chi connectivity index (χ2v) is 9.10. The molecule has 29 heavy (non-hydrogen) atoms. The highest BCUT2D eigenvalue weighted by molar-refractivity contribution is 7.89. The van der Waals surface area contributed by atoms with Crippen molar-refractivity contribution in [1.29, 1.82) is 0 Å². The molecule has 156 valence electrons. The standard InChI is InChI=1S/C22H29N3O3S/c1-4-25(5-2)29(27,28)19-13-14-21(24-15-9-10-16-24)20(17-19)22(26)23(3)18-11-7-6-8-12-18/h6-8,11-14,17H,4-5,9-10,15-16H2,1-3H3. The van der Waals surface area contributed by atoms with Gasteiger partial charge in [-0.3, -0.25) is 4.79 Å². The van der Waals surface area contributed by atoms with Gasteiger partial charge in [-0.2, -0.15) is 4.31 Å². The quantitative estimate of drug-likeness (QED) is 0.693. The monoisotopic (exact) mass is 415 g/mol. The van der Waals surface area contributed by atoms with Gasteiger partial charge in [-0.05, 0) is 43.2 Å². The zero-order chi connectivity index (χ0) is 21.0. The van der Waals surface area contributed by atoms with Gasteiger partial charge < -0.3 is 9.80 Å². The van der Waals surface area contributed by atoms with Gasteiger partial charge >= 0.3 is 0 Å². The zero-order valence-electron chi connectivity index (χ0n) is 17.3. The van der Waals surface area contributed by atoms with E-state index in [2.05, 4.69) is 4.90 Å². The van der Waals surface area contributed by atoms with Crippen LogP contribution >= 0.6 is 0 Å². The third-order valence-corrected chi connectivity index (χ3v) is 7.48. The molecule has 0 spiro atoms. The summed E-state index contributed by atoms with van der Waals surface area (Å²) in [6.45, 7) is 6.15. The Bertz CT molecular complexity index is 951. The van der Waals surface area contributed by atoms with Crippen molar-refractivity contribution in [1.82, 2.24) is 4.31 Å². The lowest BCUT2D eigenvalue weighted by atomic mass is 10.1. The molecule has 0 atom stereocenters. The van der Waals surface area contributed by atoms with Crippen LogP contribution in [0.5, 0.6) is 0 Å². The van der Waals surface area contributed by atoms with E-state index in [-0.39, 0.29) is 10.8 Å². The summed E-state index contributed by atoms with van der Waals surface area (Å²) in [7, 11) is -1.92.